The van der Waals surface area contributed by atoms with Crippen LogP contribution < -0.4 is 5.32 Å². The number of amides is 1. The average Bonchev–Trinajstić information content (AvgIpc) is 2.95. The predicted octanol–water partition coefficient (Wildman–Crippen LogP) is 3.47. The van der Waals surface area contributed by atoms with Crippen molar-refractivity contribution < 1.29 is 18.0 Å². The minimum atomic E-state index is -4.36. The molecular formula is C15H19F3N2OS2. The molecule has 1 unspecified atom stereocenters. The Balaban J connectivity index is 1.68. The molecule has 1 aliphatic heterocycles. The summed E-state index contributed by atoms with van der Waals surface area (Å²) in [5.41, 5.74) is -3.24. The Morgan fingerprint density at radius 3 is 2.78 bits per heavy atom. The number of thiophene rings is 1. The van der Waals surface area contributed by atoms with Crippen LogP contribution in [0.4, 0.5) is 13.2 Å². The lowest BCUT2D eigenvalue weighted by Gasteiger charge is -2.29. The summed E-state index contributed by atoms with van der Waals surface area (Å²) in [6.07, 6.45) is 2.91. The SMILES string of the molecule is O=C(CSC(F)(F)F)N(Cc1ccsc1)C1CC12CCNCC2. The Labute approximate surface area is 141 Å². The van der Waals surface area contributed by atoms with Gasteiger partial charge in [-0.1, -0.05) is 0 Å². The fourth-order valence-corrected chi connectivity index (χ4v) is 4.52. The highest BCUT2D eigenvalue weighted by Gasteiger charge is 2.57. The lowest BCUT2D eigenvalue weighted by molar-refractivity contribution is -0.130. The van der Waals surface area contributed by atoms with Crippen molar-refractivity contribution in [3.05, 3.63) is 22.4 Å². The first kappa shape index (κ1) is 17.1. The highest BCUT2D eigenvalue weighted by atomic mass is 32.2. The van der Waals surface area contributed by atoms with Gasteiger partial charge < -0.3 is 10.2 Å². The normalized spacial score (nSPS) is 23.0. The molecule has 3 nitrogen and oxygen atoms in total. The van der Waals surface area contributed by atoms with Crippen molar-refractivity contribution in [2.24, 2.45) is 5.41 Å². The molecule has 0 aromatic carbocycles. The number of nitrogens with zero attached hydrogens (tertiary/aromatic N) is 1. The van der Waals surface area contributed by atoms with Crippen LogP contribution in [0.3, 0.4) is 0 Å². The number of rotatable bonds is 5. The smallest absolute Gasteiger partial charge is 0.334 e. The van der Waals surface area contributed by atoms with Gasteiger partial charge in [-0.15, -0.1) is 0 Å². The molecule has 1 atom stereocenters. The number of hydrogen-bond acceptors (Lipinski definition) is 4. The zero-order chi connectivity index (χ0) is 16.5. The van der Waals surface area contributed by atoms with E-state index in [1.54, 1.807) is 4.90 Å². The van der Waals surface area contributed by atoms with E-state index in [1.807, 2.05) is 16.8 Å². The van der Waals surface area contributed by atoms with Crippen molar-refractivity contribution >= 4 is 29.0 Å². The zero-order valence-electron chi connectivity index (χ0n) is 12.6. The summed E-state index contributed by atoms with van der Waals surface area (Å²) < 4.78 is 37.2. The number of carbonyl (C=O) groups is 1. The monoisotopic (exact) mass is 364 g/mol. The van der Waals surface area contributed by atoms with E-state index in [9.17, 15) is 18.0 Å². The van der Waals surface area contributed by atoms with Gasteiger partial charge >= 0.3 is 5.51 Å². The standard InChI is InChI=1S/C15H19F3N2OS2/c16-15(17,18)23-10-13(21)20(8-11-1-6-22-9-11)12-7-14(12)2-4-19-5-3-14/h1,6,9,12,19H,2-5,7-8,10H2. The summed E-state index contributed by atoms with van der Waals surface area (Å²) in [4.78, 5) is 14.1. The van der Waals surface area contributed by atoms with Crippen LogP contribution in [-0.2, 0) is 11.3 Å². The van der Waals surface area contributed by atoms with E-state index in [0.29, 0.717) is 6.54 Å². The third-order valence-corrected chi connectivity index (χ3v) is 6.19. The molecule has 2 aliphatic rings. The first-order valence-corrected chi connectivity index (χ1v) is 9.54. The van der Waals surface area contributed by atoms with Gasteiger partial charge in [-0.25, -0.2) is 0 Å². The molecule has 1 aromatic rings. The van der Waals surface area contributed by atoms with Crippen molar-refractivity contribution in [1.82, 2.24) is 10.2 Å². The minimum Gasteiger partial charge on any atom is -0.334 e. The van der Waals surface area contributed by atoms with Gasteiger partial charge in [0, 0.05) is 12.6 Å². The van der Waals surface area contributed by atoms with Gasteiger partial charge in [-0.05, 0) is 71.9 Å². The third-order valence-electron chi connectivity index (χ3n) is 4.73. The van der Waals surface area contributed by atoms with E-state index in [1.165, 1.54) is 11.3 Å². The van der Waals surface area contributed by atoms with E-state index in [0.717, 1.165) is 37.9 Å². The van der Waals surface area contributed by atoms with Crippen molar-refractivity contribution in [2.45, 2.75) is 37.4 Å². The largest absolute Gasteiger partial charge is 0.442 e. The quantitative estimate of drug-likeness (QED) is 0.868. The first-order chi connectivity index (χ1) is 10.9. The maximum atomic E-state index is 12.4. The van der Waals surface area contributed by atoms with Crippen molar-refractivity contribution in [3.8, 4) is 0 Å². The molecule has 1 saturated heterocycles. The summed E-state index contributed by atoms with van der Waals surface area (Å²) in [6.45, 7) is 2.27. The Morgan fingerprint density at radius 1 is 1.43 bits per heavy atom. The van der Waals surface area contributed by atoms with Crippen LogP contribution in [0.5, 0.6) is 0 Å². The van der Waals surface area contributed by atoms with Gasteiger partial charge in [0.1, 0.15) is 0 Å². The van der Waals surface area contributed by atoms with Crippen LogP contribution in [0.1, 0.15) is 24.8 Å². The van der Waals surface area contributed by atoms with Crippen LogP contribution in [0.15, 0.2) is 16.8 Å². The van der Waals surface area contributed by atoms with E-state index < -0.39 is 17.2 Å². The van der Waals surface area contributed by atoms with Gasteiger partial charge in [-0.2, -0.15) is 24.5 Å². The number of thioether (sulfide) groups is 1. The van der Waals surface area contributed by atoms with E-state index >= 15 is 0 Å². The topological polar surface area (TPSA) is 32.3 Å². The molecule has 23 heavy (non-hydrogen) atoms. The number of piperidine rings is 1. The Kier molecular flexibility index (Phi) is 4.94. The molecule has 1 amide bonds. The lowest BCUT2D eigenvalue weighted by Crippen LogP contribution is -2.40. The van der Waals surface area contributed by atoms with Crippen molar-refractivity contribution in [1.29, 1.82) is 0 Å². The van der Waals surface area contributed by atoms with Crippen molar-refractivity contribution in [3.63, 3.8) is 0 Å². The van der Waals surface area contributed by atoms with Crippen LogP contribution in [0.2, 0.25) is 0 Å². The molecule has 0 bridgehead atoms. The number of alkyl halides is 3. The summed E-state index contributed by atoms with van der Waals surface area (Å²) in [5, 5.41) is 7.18. The number of halogens is 3. The molecule has 1 saturated carbocycles. The average molecular weight is 364 g/mol. The molecule has 2 heterocycles. The molecular weight excluding hydrogens is 345 g/mol. The molecule has 1 aliphatic carbocycles. The molecule has 0 radical (unpaired) electrons. The van der Waals surface area contributed by atoms with E-state index in [2.05, 4.69) is 5.32 Å². The second-order valence-corrected chi connectivity index (χ2v) is 8.04. The molecule has 128 valence electrons. The maximum absolute atomic E-state index is 12.4. The molecule has 8 heteroatoms. The van der Waals surface area contributed by atoms with Crippen LogP contribution in [0, 0.1) is 5.41 Å². The molecule has 2 fully saturated rings. The van der Waals surface area contributed by atoms with E-state index in [-0.39, 0.29) is 23.2 Å². The highest BCUT2D eigenvalue weighted by molar-refractivity contribution is 8.00. The van der Waals surface area contributed by atoms with Crippen LogP contribution in [-0.4, -0.2) is 41.2 Å². The number of nitrogens with one attached hydrogen (secondary N) is 1. The lowest BCUT2D eigenvalue weighted by atomic mass is 9.93. The minimum absolute atomic E-state index is 0.0887. The fraction of sp³-hybridized carbons (Fsp3) is 0.667. The highest BCUT2D eigenvalue weighted by Crippen LogP contribution is 2.56. The molecule has 1 N–H and O–H groups in total. The second kappa shape index (κ2) is 6.64. The molecule has 1 aromatic heterocycles. The summed E-state index contributed by atoms with van der Waals surface area (Å²) in [6, 6.07) is 2.02. The molecule has 3 rings (SSSR count). The zero-order valence-corrected chi connectivity index (χ0v) is 14.2. The number of carbonyl (C=O) groups excluding carboxylic acids is 1. The van der Waals surface area contributed by atoms with Crippen LogP contribution in [0.25, 0.3) is 0 Å². The van der Waals surface area contributed by atoms with Gasteiger partial charge in [0.2, 0.25) is 5.91 Å². The van der Waals surface area contributed by atoms with Crippen molar-refractivity contribution in [2.75, 3.05) is 18.8 Å². The van der Waals surface area contributed by atoms with Gasteiger partial charge in [0.25, 0.3) is 0 Å². The predicted molar refractivity (Wildman–Crippen MR) is 86.3 cm³/mol. The van der Waals surface area contributed by atoms with Gasteiger partial charge in [-0.3, -0.25) is 4.79 Å². The Bertz CT molecular complexity index is 541. The summed E-state index contributed by atoms with van der Waals surface area (Å²) in [7, 11) is 0. The van der Waals surface area contributed by atoms with Gasteiger partial charge in [0.15, 0.2) is 0 Å². The maximum Gasteiger partial charge on any atom is 0.442 e. The van der Waals surface area contributed by atoms with E-state index in [4.69, 9.17) is 0 Å². The summed E-state index contributed by atoms with van der Waals surface area (Å²) in [5.74, 6) is -0.933. The second-order valence-electron chi connectivity index (χ2n) is 6.22. The van der Waals surface area contributed by atoms with Gasteiger partial charge in [0.05, 0.1) is 5.75 Å². The third kappa shape index (κ3) is 4.22. The Hall–Kier alpha value is -0.730. The summed E-state index contributed by atoms with van der Waals surface area (Å²) >= 11 is 1.30. The fourth-order valence-electron chi connectivity index (χ4n) is 3.41. The van der Waals surface area contributed by atoms with Crippen LogP contribution >= 0.6 is 23.1 Å². The Morgan fingerprint density at radius 2 is 2.17 bits per heavy atom. The first-order valence-electron chi connectivity index (χ1n) is 7.62. The molecule has 1 spiro atoms. The number of hydrogen-bond donors (Lipinski definition) is 1.